The van der Waals surface area contributed by atoms with Crippen molar-refractivity contribution in [3.8, 4) is 0 Å². The van der Waals surface area contributed by atoms with Gasteiger partial charge < -0.3 is 10.2 Å². The first kappa shape index (κ1) is 7.47. The molecule has 1 heterocycles. The second kappa shape index (κ2) is 3.51. The number of allylic oxidation sites excluding steroid dienone is 1. The molecule has 1 aliphatic heterocycles. The summed E-state index contributed by atoms with van der Waals surface area (Å²) in [5.41, 5.74) is 5.66. The molecule has 3 nitrogen and oxygen atoms in total. The molecule has 0 fully saturated rings. The molecular weight excluding hydrogens is 196 g/mol. The highest BCUT2D eigenvalue weighted by atomic mass is 79.9. The average Bonchev–Trinajstić information content (AvgIpc) is 1.88. The summed E-state index contributed by atoms with van der Waals surface area (Å²) in [7, 11) is 0. The maximum Gasteiger partial charge on any atom is 0.139 e. The van der Waals surface area contributed by atoms with Crippen molar-refractivity contribution < 1.29 is 4.74 Å². The molecule has 10 heavy (non-hydrogen) atoms. The SMILES string of the molecule is CCOC1=CNNC(Br)=C1. The summed E-state index contributed by atoms with van der Waals surface area (Å²) >= 11 is 3.27. The van der Waals surface area contributed by atoms with E-state index in [9.17, 15) is 0 Å². The van der Waals surface area contributed by atoms with Gasteiger partial charge in [0.25, 0.3) is 0 Å². The van der Waals surface area contributed by atoms with Crippen LogP contribution in [0.25, 0.3) is 0 Å². The minimum Gasteiger partial charge on any atom is -0.492 e. The zero-order valence-electron chi connectivity index (χ0n) is 5.65. The van der Waals surface area contributed by atoms with Gasteiger partial charge in [0.1, 0.15) is 10.4 Å². The van der Waals surface area contributed by atoms with Gasteiger partial charge in [-0.3, -0.25) is 5.43 Å². The molecule has 1 aliphatic rings. The third-order valence-electron chi connectivity index (χ3n) is 0.986. The molecule has 2 N–H and O–H groups in total. The van der Waals surface area contributed by atoms with Crippen LogP contribution in [0, 0.1) is 0 Å². The van der Waals surface area contributed by atoms with E-state index in [2.05, 4.69) is 26.8 Å². The molecule has 1 rings (SSSR count). The lowest BCUT2D eigenvalue weighted by molar-refractivity contribution is 0.238. The average molecular weight is 205 g/mol. The predicted octanol–water partition coefficient (Wildman–Crippen LogP) is 1.21. The highest BCUT2D eigenvalue weighted by Crippen LogP contribution is 2.09. The molecule has 56 valence electrons. The Hall–Kier alpha value is -0.640. The molecule has 0 aliphatic carbocycles. The maximum atomic E-state index is 5.21. The van der Waals surface area contributed by atoms with Crippen LogP contribution in [0.3, 0.4) is 0 Å². The van der Waals surface area contributed by atoms with Crippen LogP contribution < -0.4 is 10.9 Å². The molecule has 0 aromatic heterocycles. The summed E-state index contributed by atoms with van der Waals surface area (Å²) in [4.78, 5) is 0. The second-order valence-electron chi connectivity index (χ2n) is 1.74. The third-order valence-corrected chi connectivity index (χ3v) is 1.41. The van der Waals surface area contributed by atoms with Gasteiger partial charge in [0.05, 0.1) is 12.8 Å². The molecule has 4 heteroatoms. The van der Waals surface area contributed by atoms with Crippen LogP contribution in [-0.4, -0.2) is 6.61 Å². The largest absolute Gasteiger partial charge is 0.492 e. The van der Waals surface area contributed by atoms with E-state index in [0.29, 0.717) is 6.61 Å². The van der Waals surface area contributed by atoms with Gasteiger partial charge in [-0.05, 0) is 22.9 Å². The molecule has 0 aromatic rings. The molecule has 0 saturated heterocycles. The Bertz CT molecular complexity index is 177. The van der Waals surface area contributed by atoms with Gasteiger partial charge in [0, 0.05) is 6.08 Å². The number of nitrogens with one attached hydrogen (secondary N) is 2. The lowest BCUT2D eigenvalue weighted by atomic mass is 10.5. The van der Waals surface area contributed by atoms with Gasteiger partial charge >= 0.3 is 0 Å². The minimum atomic E-state index is 0.685. The summed E-state index contributed by atoms with van der Waals surface area (Å²) < 4.78 is 6.08. The lowest BCUT2D eigenvalue weighted by Gasteiger charge is -2.12. The van der Waals surface area contributed by atoms with Gasteiger partial charge in [0.2, 0.25) is 0 Å². The normalized spacial score (nSPS) is 16.2. The maximum absolute atomic E-state index is 5.21. The van der Waals surface area contributed by atoms with Crippen LogP contribution in [0.1, 0.15) is 6.92 Å². The van der Waals surface area contributed by atoms with E-state index in [4.69, 9.17) is 4.74 Å². The van der Waals surface area contributed by atoms with Crippen molar-refractivity contribution in [3.05, 3.63) is 22.6 Å². The number of ether oxygens (including phenoxy) is 1. The highest BCUT2D eigenvalue weighted by Gasteiger charge is 1.99. The predicted molar refractivity (Wildman–Crippen MR) is 43.0 cm³/mol. The van der Waals surface area contributed by atoms with Gasteiger partial charge in [-0.15, -0.1) is 0 Å². The zero-order chi connectivity index (χ0) is 7.40. The van der Waals surface area contributed by atoms with Crippen LogP contribution in [0.2, 0.25) is 0 Å². The van der Waals surface area contributed by atoms with E-state index >= 15 is 0 Å². The number of halogens is 1. The molecule has 0 saturated carbocycles. The van der Waals surface area contributed by atoms with E-state index in [1.807, 2.05) is 13.0 Å². The van der Waals surface area contributed by atoms with E-state index in [1.54, 1.807) is 6.20 Å². The number of hydrogen-bond donors (Lipinski definition) is 2. The molecule has 0 amide bonds. The fraction of sp³-hybridized carbons (Fsp3) is 0.333. The van der Waals surface area contributed by atoms with Crippen LogP contribution in [0.4, 0.5) is 0 Å². The Balaban J connectivity index is 2.51. The standard InChI is InChI=1S/C6H9BrN2O/c1-2-10-5-3-6(7)9-8-4-5/h3-4,8-9H,2H2,1H3. The molecule has 0 bridgehead atoms. The molecular formula is C6H9BrN2O. The number of rotatable bonds is 2. The van der Waals surface area contributed by atoms with Crippen molar-refractivity contribution in [2.24, 2.45) is 0 Å². The van der Waals surface area contributed by atoms with Crippen LogP contribution in [-0.2, 0) is 4.74 Å². The fourth-order valence-electron chi connectivity index (χ4n) is 0.629. The molecule has 0 aromatic carbocycles. The smallest absolute Gasteiger partial charge is 0.139 e. The first-order chi connectivity index (χ1) is 4.83. The fourth-order valence-corrected chi connectivity index (χ4v) is 0.969. The van der Waals surface area contributed by atoms with Crippen molar-refractivity contribution in [2.75, 3.05) is 6.61 Å². The van der Waals surface area contributed by atoms with Crippen molar-refractivity contribution in [2.45, 2.75) is 6.92 Å². The van der Waals surface area contributed by atoms with Gasteiger partial charge in [0.15, 0.2) is 0 Å². The Morgan fingerprint density at radius 2 is 2.50 bits per heavy atom. The zero-order valence-corrected chi connectivity index (χ0v) is 7.23. The Morgan fingerprint density at radius 3 is 3.10 bits per heavy atom. The second-order valence-corrected chi connectivity index (χ2v) is 2.60. The lowest BCUT2D eigenvalue weighted by Crippen LogP contribution is -2.27. The summed E-state index contributed by atoms with van der Waals surface area (Å²) in [6, 6.07) is 0. The van der Waals surface area contributed by atoms with E-state index in [-0.39, 0.29) is 0 Å². The van der Waals surface area contributed by atoms with Crippen LogP contribution >= 0.6 is 15.9 Å². The Kier molecular flexibility index (Phi) is 2.62. The number of hydrogen-bond acceptors (Lipinski definition) is 3. The van der Waals surface area contributed by atoms with Crippen molar-refractivity contribution >= 4 is 15.9 Å². The van der Waals surface area contributed by atoms with Gasteiger partial charge in [-0.1, -0.05) is 0 Å². The monoisotopic (exact) mass is 204 g/mol. The van der Waals surface area contributed by atoms with Crippen LogP contribution in [0.5, 0.6) is 0 Å². The summed E-state index contributed by atoms with van der Waals surface area (Å²) in [6.45, 7) is 2.63. The minimum absolute atomic E-state index is 0.685. The van der Waals surface area contributed by atoms with Crippen molar-refractivity contribution in [3.63, 3.8) is 0 Å². The molecule has 0 radical (unpaired) electrons. The third kappa shape index (κ3) is 1.95. The highest BCUT2D eigenvalue weighted by molar-refractivity contribution is 9.11. The summed E-state index contributed by atoms with van der Waals surface area (Å²) in [5, 5.41) is 0. The van der Waals surface area contributed by atoms with Crippen LogP contribution in [0.15, 0.2) is 22.6 Å². The topological polar surface area (TPSA) is 33.3 Å². The van der Waals surface area contributed by atoms with Crippen molar-refractivity contribution in [1.29, 1.82) is 0 Å². The van der Waals surface area contributed by atoms with Gasteiger partial charge in [-0.25, -0.2) is 0 Å². The summed E-state index contributed by atoms with van der Waals surface area (Å²) in [5.74, 6) is 0.827. The molecule has 0 unspecified atom stereocenters. The first-order valence-electron chi connectivity index (χ1n) is 3.04. The Morgan fingerprint density at radius 1 is 1.70 bits per heavy atom. The molecule has 0 spiro atoms. The van der Waals surface area contributed by atoms with Crippen molar-refractivity contribution in [1.82, 2.24) is 10.9 Å². The van der Waals surface area contributed by atoms with E-state index in [1.165, 1.54) is 0 Å². The quantitative estimate of drug-likeness (QED) is 0.664. The Labute approximate surface area is 68.2 Å². The van der Waals surface area contributed by atoms with E-state index < -0.39 is 0 Å². The number of hydrazine groups is 1. The summed E-state index contributed by atoms with van der Waals surface area (Å²) in [6.07, 6.45) is 3.62. The van der Waals surface area contributed by atoms with E-state index in [0.717, 1.165) is 10.4 Å². The van der Waals surface area contributed by atoms with Gasteiger partial charge in [-0.2, -0.15) is 0 Å². The first-order valence-corrected chi connectivity index (χ1v) is 3.84. The molecule has 0 atom stereocenters.